The molecule has 6 aromatic carbocycles. The largest absolute Gasteiger partial charge is 0.453 e. The zero-order valence-corrected chi connectivity index (χ0v) is 36.1. The molecule has 286 valence electrons. The van der Waals surface area contributed by atoms with Crippen molar-refractivity contribution in [3.63, 3.8) is 0 Å². The van der Waals surface area contributed by atoms with Crippen molar-refractivity contribution in [3.8, 4) is 22.6 Å². The first-order valence-corrected chi connectivity index (χ1v) is 21.2. The fraction of sp³-hybridized carbons (Fsp3) is 0.250. The Labute approximate surface area is 330 Å². The topological polar surface area (TPSA) is 71.0 Å². The summed E-state index contributed by atoms with van der Waals surface area (Å²) in [4.78, 5) is 0. The lowest BCUT2D eigenvalue weighted by molar-refractivity contribution is 0.490. The maximum atomic E-state index is 6.99. The average Bonchev–Trinajstić information content (AvgIpc) is 3.36. The Bertz CT molecular complexity index is 2660. The summed E-state index contributed by atoms with van der Waals surface area (Å²) in [6.07, 6.45) is 0. The SMILES string of the molecule is Cc1cc(C)c(Op2oc3c(C)cc(C)cc3c3cc(C)cc(C)c3o2)c(-c2cc(C)cc(C)c2Op2oc3c(C)cc(C)cc3c3cc(C)cc(C)c3o2)c1. The summed E-state index contributed by atoms with van der Waals surface area (Å²) in [7, 11) is -3.87. The van der Waals surface area contributed by atoms with Crippen molar-refractivity contribution < 1.29 is 25.8 Å². The van der Waals surface area contributed by atoms with Crippen molar-refractivity contribution in [3.05, 3.63) is 140 Å². The van der Waals surface area contributed by atoms with E-state index in [0.717, 1.165) is 122 Å². The molecule has 0 saturated heterocycles. The quantitative estimate of drug-likeness (QED) is 0.173. The highest BCUT2D eigenvalue weighted by Crippen LogP contribution is 2.49. The van der Waals surface area contributed by atoms with E-state index in [4.69, 9.17) is 25.8 Å². The molecule has 0 fully saturated rings. The van der Waals surface area contributed by atoms with Gasteiger partial charge in [-0.3, -0.25) is 0 Å². The summed E-state index contributed by atoms with van der Waals surface area (Å²) in [5.74, 6) is 1.33. The monoisotopic (exact) mass is 782 g/mol. The predicted octanol–water partition coefficient (Wildman–Crippen LogP) is 15.9. The third-order valence-corrected chi connectivity index (χ3v) is 12.4. The molecular formula is C48H48O6P2. The second-order valence-corrected chi connectivity index (χ2v) is 17.7. The Kier molecular flexibility index (Phi) is 9.64. The lowest BCUT2D eigenvalue weighted by atomic mass is 9.95. The molecule has 2 aromatic heterocycles. The molecule has 0 aliphatic heterocycles. The molecule has 8 rings (SSSR count). The van der Waals surface area contributed by atoms with Crippen molar-refractivity contribution in [1.82, 2.24) is 0 Å². The van der Waals surface area contributed by atoms with Crippen LogP contribution in [0.1, 0.15) is 66.8 Å². The van der Waals surface area contributed by atoms with Crippen LogP contribution in [0.5, 0.6) is 11.5 Å². The van der Waals surface area contributed by atoms with E-state index in [-0.39, 0.29) is 0 Å². The molecule has 0 atom stereocenters. The molecule has 0 radical (unpaired) electrons. The van der Waals surface area contributed by atoms with Gasteiger partial charge in [-0.2, -0.15) is 0 Å². The Morgan fingerprint density at radius 2 is 0.536 bits per heavy atom. The van der Waals surface area contributed by atoms with E-state index in [2.05, 4.69) is 156 Å². The van der Waals surface area contributed by atoms with Gasteiger partial charge in [0.1, 0.15) is 33.8 Å². The summed E-state index contributed by atoms with van der Waals surface area (Å²) in [6, 6.07) is 25.8. The lowest BCUT2D eigenvalue weighted by Crippen LogP contribution is -1.96. The van der Waals surface area contributed by atoms with Gasteiger partial charge in [-0.1, -0.05) is 36.4 Å². The van der Waals surface area contributed by atoms with Gasteiger partial charge in [0.25, 0.3) is 0 Å². The van der Waals surface area contributed by atoms with Crippen molar-refractivity contribution in [2.45, 2.75) is 83.1 Å². The minimum Gasteiger partial charge on any atom is -0.390 e. The van der Waals surface area contributed by atoms with Gasteiger partial charge in [-0.15, -0.1) is 0 Å². The van der Waals surface area contributed by atoms with Crippen molar-refractivity contribution >= 4 is 60.4 Å². The Morgan fingerprint density at radius 3 is 0.804 bits per heavy atom. The van der Waals surface area contributed by atoms with Crippen LogP contribution < -0.4 is 9.05 Å². The fourth-order valence-corrected chi connectivity index (χ4v) is 10.8. The van der Waals surface area contributed by atoms with Crippen LogP contribution in [0.3, 0.4) is 0 Å². The molecule has 56 heavy (non-hydrogen) atoms. The number of benzene rings is 6. The van der Waals surface area contributed by atoms with Crippen LogP contribution in [0, 0.1) is 83.1 Å². The molecule has 2 heterocycles. The minimum absolute atomic E-state index is 0.667. The average molecular weight is 783 g/mol. The summed E-state index contributed by atoms with van der Waals surface area (Å²) >= 11 is 0. The predicted molar refractivity (Wildman–Crippen MR) is 233 cm³/mol. The van der Waals surface area contributed by atoms with Crippen LogP contribution in [0.25, 0.3) is 55.0 Å². The number of aryl methyl sites for hydroxylation is 12. The Hall–Kier alpha value is -5.28. The highest BCUT2D eigenvalue weighted by atomic mass is 31.1. The molecule has 8 aromatic rings. The molecule has 0 unspecified atom stereocenters. The molecule has 0 aliphatic rings. The van der Waals surface area contributed by atoms with E-state index in [1.807, 2.05) is 0 Å². The summed E-state index contributed by atoms with van der Waals surface area (Å²) in [5.41, 5.74) is 17.7. The summed E-state index contributed by atoms with van der Waals surface area (Å²) < 4.78 is 41.1. The van der Waals surface area contributed by atoms with Gasteiger partial charge in [-0.25, -0.2) is 0 Å². The van der Waals surface area contributed by atoms with E-state index in [0.29, 0.717) is 11.5 Å². The molecular weight excluding hydrogens is 734 g/mol. The minimum atomic E-state index is -1.93. The number of rotatable bonds is 5. The second-order valence-electron chi connectivity index (χ2n) is 15.7. The number of hydrogen-bond donors (Lipinski definition) is 0. The first kappa shape index (κ1) is 37.6. The van der Waals surface area contributed by atoms with Crippen molar-refractivity contribution in [2.75, 3.05) is 0 Å². The van der Waals surface area contributed by atoms with Crippen LogP contribution in [-0.4, -0.2) is 0 Å². The van der Waals surface area contributed by atoms with Crippen molar-refractivity contribution in [1.29, 1.82) is 0 Å². The van der Waals surface area contributed by atoms with Gasteiger partial charge in [-0.05, 0) is 186 Å². The third kappa shape index (κ3) is 6.91. The zero-order chi connectivity index (χ0) is 39.7. The maximum absolute atomic E-state index is 6.99. The zero-order valence-electron chi connectivity index (χ0n) is 34.3. The van der Waals surface area contributed by atoms with E-state index in [1.165, 1.54) is 0 Å². The maximum Gasteiger partial charge on any atom is 0.453 e. The van der Waals surface area contributed by atoms with E-state index in [1.54, 1.807) is 0 Å². The fourth-order valence-electron chi connectivity index (χ4n) is 8.21. The smallest absolute Gasteiger partial charge is 0.390 e. The van der Waals surface area contributed by atoms with Gasteiger partial charge in [0.05, 0.1) is 0 Å². The van der Waals surface area contributed by atoms with Crippen molar-refractivity contribution in [2.24, 2.45) is 0 Å². The van der Waals surface area contributed by atoms with Gasteiger partial charge in [0, 0.05) is 32.7 Å². The Morgan fingerprint density at radius 1 is 0.304 bits per heavy atom. The molecule has 0 spiro atoms. The molecule has 8 heteroatoms. The van der Waals surface area contributed by atoms with Crippen LogP contribution in [0.15, 0.2) is 89.6 Å². The molecule has 0 saturated carbocycles. The van der Waals surface area contributed by atoms with E-state index >= 15 is 0 Å². The van der Waals surface area contributed by atoms with Gasteiger partial charge >= 0.3 is 16.5 Å². The van der Waals surface area contributed by atoms with Gasteiger partial charge < -0.3 is 25.8 Å². The lowest BCUT2D eigenvalue weighted by Gasteiger charge is -2.18. The molecule has 0 aliphatic carbocycles. The molecule has 0 amide bonds. The third-order valence-electron chi connectivity index (χ3n) is 10.4. The normalized spacial score (nSPS) is 11.6. The standard InChI is InChI=1S/C48H48O6P2/c1-25-13-31(7)43-37(19-25)38-20-26(2)14-32(8)44(38)50-55(49-43)53-47-35(11)17-29(5)23-41(47)42-24-30(6)18-36(12)48(42)54-56-51-45-33(9)15-27(3)21-39(45)40-22-28(4)16-34(10)46(40)52-56/h13-24H,1-12H3. The highest BCUT2D eigenvalue weighted by Gasteiger charge is 2.23. The van der Waals surface area contributed by atoms with Crippen LogP contribution in [-0.2, 0) is 0 Å². The second kappa shape index (κ2) is 14.3. The van der Waals surface area contributed by atoms with Gasteiger partial charge in [0.15, 0.2) is 0 Å². The molecule has 6 nitrogen and oxygen atoms in total. The van der Waals surface area contributed by atoms with Gasteiger partial charge in [0.2, 0.25) is 0 Å². The van der Waals surface area contributed by atoms with Crippen LogP contribution in [0.4, 0.5) is 0 Å². The summed E-state index contributed by atoms with van der Waals surface area (Å²) in [5, 5.41) is 4.03. The van der Waals surface area contributed by atoms with Crippen LogP contribution >= 0.6 is 16.5 Å². The first-order valence-electron chi connectivity index (χ1n) is 19.0. The van der Waals surface area contributed by atoms with E-state index in [9.17, 15) is 0 Å². The first-order chi connectivity index (χ1) is 26.6. The summed E-state index contributed by atoms with van der Waals surface area (Å²) in [6.45, 7) is 25.1. The highest BCUT2D eigenvalue weighted by molar-refractivity contribution is 7.32. The molecule has 0 bridgehead atoms. The Balaban J connectivity index is 1.36. The molecule has 0 N–H and O–H groups in total. The number of hydrogen-bond acceptors (Lipinski definition) is 6. The number of fused-ring (bicyclic) bond motifs is 6. The van der Waals surface area contributed by atoms with E-state index < -0.39 is 16.5 Å². The van der Waals surface area contributed by atoms with Crippen LogP contribution in [0.2, 0.25) is 0 Å².